The van der Waals surface area contributed by atoms with Crippen molar-refractivity contribution in [3.05, 3.63) is 53.7 Å². The number of nitrogens with zero attached hydrogens (tertiary/aromatic N) is 3. The van der Waals surface area contributed by atoms with Gasteiger partial charge in [0.15, 0.2) is 0 Å². The summed E-state index contributed by atoms with van der Waals surface area (Å²) in [7, 11) is -5.57. The van der Waals surface area contributed by atoms with Crippen LogP contribution in [-0.4, -0.2) is 37.4 Å². The average molecular weight is 507 g/mol. The van der Waals surface area contributed by atoms with Crippen LogP contribution in [0, 0.1) is 17.2 Å². The third kappa shape index (κ3) is 5.11. The highest BCUT2D eigenvalue weighted by molar-refractivity contribution is 7.89. The van der Waals surface area contributed by atoms with E-state index < -0.39 is 28.1 Å². The van der Waals surface area contributed by atoms with Crippen molar-refractivity contribution in [3.8, 4) is 6.07 Å². The summed E-state index contributed by atoms with van der Waals surface area (Å²) in [5.41, 5.74) is 1.65. The second-order valence-corrected chi connectivity index (χ2v) is 11.3. The molecule has 0 radical (unpaired) electrons. The Labute approximate surface area is 203 Å². The van der Waals surface area contributed by atoms with Crippen LogP contribution in [0.5, 0.6) is 0 Å². The molecule has 0 bridgehead atoms. The largest absolute Gasteiger partial charge is 0.511 e. The molecule has 35 heavy (non-hydrogen) atoms. The molecule has 2 aromatic carbocycles. The Balaban J connectivity index is 1.85. The van der Waals surface area contributed by atoms with Crippen LogP contribution in [0.25, 0.3) is 10.8 Å². The Morgan fingerprint density at radius 3 is 2.51 bits per heavy atom. The molecule has 0 amide bonds. The van der Waals surface area contributed by atoms with E-state index in [2.05, 4.69) is 6.07 Å². The second-order valence-electron chi connectivity index (χ2n) is 9.34. The van der Waals surface area contributed by atoms with Gasteiger partial charge in [0.25, 0.3) is 0 Å². The van der Waals surface area contributed by atoms with Gasteiger partial charge in [-0.15, -0.1) is 0 Å². The lowest BCUT2D eigenvalue weighted by Gasteiger charge is -2.34. The monoisotopic (exact) mass is 506 g/mol. The van der Waals surface area contributed by atoms with E-state index in [0.29, 0.717) is 33.3 Å². The van der Waals surface area contributed by atoms with Crippen LogP contribution < -0.4 is 10.6 Å². The van der Waals surface area contributed by atoms with E-state index in [1.54, 1.807) is 12.1 Å². The van der Waals surface area contributed by atoms with Gasteiger partial charge in [-0.25, -0.2) is 8.42 Å². The van der Waals surface area contributed by atoms with Gasteiger partial charge in [-0.05, 0) is 41.2 Å². The molecule has 1 unspecified atom stereocenters. The Morgan fingerprint density at radius 2 is 1.86 bits per heavy atom. The Morgan fingerprint density at radius 1 is 1.14 bits per heavy atom. The van der Waals surface area contributed by atoms with Gasteiger partial charge in [0, 0.05) is 31.0 Å². The van der Waals surface area contributed by atoms with E-state index in [1.807, 2.05) is 29.2 Å². The molecule has 0 aromatic heterocycles. The molecule has 0 spiro atoms. The molecule has 10 heteroatoms. The number of hydrogen-bond acceptors (Lipinski definition) is 5. The van der Waals surface area contributed by atoms with E-state index in [0.717, 1.165) is 37.5 Å². The van der Waals surface area contributed by atoms with Gasteiger partial charge < -0.3 is 10.6 Å². The van der Waals surface area contributed by atoms with E-state index in [4.69, 9.17) is 5.73 Å². The molecule has 1 atom stereocenters. The van der Waals surface area contributed by atoms with Gasteiger partial charge in [-0.2, -0.15) is 22.7 Å². The van der Waals surface area contributed by atoms with Crippen molar-refractivity contribution in [1.82, 2.24) is 4.31 Å². The molecule has 1 aliphatic carbocycles. The Bertz CT molecular complexity index is 1250. The van der Waals surface area contributed by atoms with Crippen molar-refractivity contribution >= 4 is 26.5 Å². The quantitative estimate of drug-likeness (QED) is 0.556. The molecule has 2 aliphatic rings. The van der Waals surface area contributed by atoms with Crippen molar-refractivity contribution in [2.24, 2.45) is 11.7 Å². The number of anilines is 1. The lowest BCUT2D eigenvalue weighted by atomic mass is 9.96. The summed E-state index contributed by atoms with van der Waals surface area (Å²) in [5, 5.41) is 11.0. The molecule has 1 heterocycles. The maximum atomic E-state index is 13.7. The highest BCUT2D eigenvalue weighted by Gasteiger charge is 2.51. The molecule has 1 saturated carbocycles. The van der Waals surface area contributed by atoms with Crippen LogP contribution in [0.3, 0.4) is 0 Å². The molecule has 0 saturated heterocycles. The summed E-state index contributed by atoms with van der Waals surface area (Å²) >= 11 is 0. The summed E-state index contributed by atoms with van der Waals surface area (Å²) < 4.78 is 67.0. The molecule has 2 N–H and O–H groups in total. The van der Waals surface area contributed by atoms with Gasteiger partial charge in [0.2, 0.25) is 0 Å². The fraction of sp³-hybridized carbons (Fsp3) is 0.480. The minimum absolute atomic E-state index is 0.0909. The van der Waals surface area contributed by atoms with Gasteiger partial charge in [0.05, 0.1) is 18.2 Å². The fourth-order valence-corrected chi connectivity index (χ4v) is 6.32. The normalized spacial score (nSPS) is 20.6. The highest BCUT2D eigenvalue weighted by Crippen LogP contribution is 2.39. The standard InChI is InChI=1S/C25H29F3N4O2S/c26-25(27,28)35(33,34)31-16-21(11-9-18-5-1-2-6-18)32(15-19(13-29)14-30)24-12-10-20-7-3-4-8-22(20)23(24)17-31/h3-4,7-8,10,12-13,18,21H,1-2,5-6,9,11,15-17,29H2/b19-13+. The number of fused-ring (bicyclic) bond motifs is 3. The summed E-state index contributed by atoms with van der Waals surface area (Å²) in [4.78, 5) is 1.88. The Kier molecular flexibility index (Phi) is 7.29. The van der Waals surface area contributed by atoms with Crippen molar-refractivity contribution in [2.45, 2.75) is 56.6 Å². The molecule has 2 aromatic rings. The number of benzene rings is 2. The second kappa shape index (κ2) is 10.1. The lowest BCUT2D eigenvalue weighted by Crippen LogP contribution is -2.47. The first-order valence-corrected chi connectivity index (χ1v) is 13.2. The van der Waals surface area contributed by atoms with E-state index in [-0.39, 0.29) is 18.7 Å². The number of alkyl halides is 3. The van der Waals surface area contributed by atoms with Crippen LogP contribution in [-0.2, 0) is 16.6 Å². The predicted octanol–water partition coefficient (Wildman–Crippen LogP) is 5.02. The van der Waals surface area contributed by atoms with Crippen molar-refractivity contribution < 1.29 is 21.6 Å². The zero-order chi connectivity index (χ0) is 25.2. The molecular formula is C25H29F3N4O2S. The lowest BCUT2D eigenvalue weighted by molar-refractivity contribution is -0.0492. The number of rotatable bonds is 6. The first kappa shape index (κ1) is 25.3. The maximum Gasteiger partial charge on any atom is 0.511 e. The highest BCUT2D eigenvalue weighted by atomic mass is 32.2. The topological polar surface area (TPSA) is 90.4 Å². The minimum atomic E-state index is -5.57. The minimum Gasteiger partial charge on any atom is -0.404 e. The van der Waals surface area contributed by atoms with Crippen LogP contribution in [0.4, 0.5) is 18.9 Å². The van der Waals surface area contributed by atoms with Crippen LogP contribution in [0.2, 0.25) is 0 Å². The van der Waals surface area contributed by atoms with Crippen molar-refractivity contribution in [1.29, 1.82) is 5.26 Å². The Hall–Kier alpha value is -2.77. The maximum absolute atomic E-state index is 13.7. The van der Waals surface area contributed by atoms with Gasteiger partial charge >= 0.3 is 15.5 Å². The van der Waals surface area contributed by atoms with Gasteiger partial charge in [-0.3, -0.25) is 0 Å². The first-order chi connectivity index (χ1) is 16.7. The average Bonchev–Trinajstić information content (AvgIpc) is 3.29. The van der Waals surface area contributed by atoms with Crippen molar-refractivity contribution in [3.63, 3.8) is 0 Å². The number of nitrogens with two attached hydrogens (primary N) is 1. The van der Waals surface area contributed by atoms with Gasteiger partial charge in [-0.1, -0.05) is 56.0 Å². The third-order valence-corrected chi connectivity index (χ3v) is 8.76. The molecule has 1 aliphatic heterocycles. The fourth-order valence-electron chi connectivity index (χ4n) is 5.36. The molecule has 188 valence electrons. The van der Waals surface area contributed by atoms with E-state index in [9.17, 15) is 26.9 Å². The number of hydrogen-bond donors (Lipinski definition) is 1. The summed E-state index contributed by atoms with van der Waals surface area (Å²) in [6.45, 7) is -0.627. The number of nitriles is 1. The smallest absolute Gasteiger partial charge is 0.404 e. The van der Waals surface area contributed by atoms with Crippen LogP contribution in [0.1, 0.15) is 44.1 Å². The molecule has 1 fully saturated rings. The van der Waals surface area contributed by atoms with Crippen molar-refractivity contribution in [2.75, 3.05) is 18.0 Å². The first-order valence-electron chi connectivity index (χ1n) is 11.8. The van der Waals surface area contributed by atoms with Crippen LogP contribution >= 0.6 is 0 Å². The summed E-state index contributed by atoms with van der Waals surface area (Å²) in [6, 6.07) is 12.4. The van der Waals surface area contributed by atoms with E-state index >= 15 is 0 Å². The summed E-state index contributed by atoms with van der Waals surface area (Å²) in [5.74, 6) is 0.476. The number of sulfonamides is 1. The number of halogens is 3. The molecule has 6 nitrogen and oxygen atoms in total. The molecular weight excluding hydrogens is 477 g/mol. The summed E-state index contributed by atoms with van der Waals surface area (Å²) in [6.07, 6.45) is 6.93. The predicted molar refractivity (Wildman–Crippen MR) is 130 cm³/mol. The SMILES string of the molecule is N#C/C(=C\N)CN1c2ccc3ccccc3c2CN(S(=O)(=O)C(F)(F)F)CC1CCC1CCCC1. The zero-order valence-electron chi connectivity index (χ0n) is 19.3. The zero-order valence-corrected chi connectivity index (χ0v) is 20.2. The molecule has 4 rings (SSSR count). The third-order valence-electron chi connectivity index (χ3n) is 7.22. The van der Waals surface area contributed by atoms with Gasteiger partial charge in [0.1, 0.15) is 0 Å². The van der Waals surface area contributed by atoms with Crippen LogP contribution in [0.15, 0.2) is 48.2 Å². The van der Waals surface area contributed by atoms with E-state index in [1.165, 1.54) is 6.20 Å².